The number of rotatable bonds is 5. The third-order valence-electron chi connectivity index (χ3n) is 2.87. The highest BCUT2D eigenvalue weighted by Gasteiger charge is 2.19. The molecule has 0 unspecified atom stereocenters. The minimum atomic E-state index is -3.40. The highest BCUT2D eigenvalue weighted by molar-refractivity contribution is 7.92. The average Bonchev–Trinajstić information content (AvgIpc) is 2.44. The van der Waals surface area contributed by atoms with Crippen LogP contribution in [0.4, 0.5) is 5.82 Å². The van der Waals surface area contributed by atoms with E-state index in [1.807, 2.05) is 30.3 Å². The summed E-state index contributed by atoms with van der Waals surface area (Å²) in [5, 5.41) is 0.980. The first-order valence-electron chi connectivity index (χ1n) is 5.86. The number of anilines is 1. The number of ether oxygens (including phenoxy) is 1. The second-order valence-corrected chi connectivity index (χ2v) is 6.26. The van der Waals surface area contributed by atoms with Crippen LogP contribution in [0.2, 0.25) is 0 Å². The van der Waals surface area contributed by atoms with Crippen LogP contribution in [0.1, 0.15) is 0 Å². The number of para-hydroxylation sites is 1. The van der Waals surface area contributed by atoms with Crippen molar-refractivity contribution in [1.82, 2.24) is 4.98 Å². The van der Waals surface area contributed by atoms with Crippen LogP contribution in [0.5, 0.6) is 0 Å². The Labute approximate surface area is 112 Å². The summed E-state index contributed by atoms with van der Waals surface area (Å²) in [5.74, 6) is 0.351. The number of methoxy groups -OCH3 is 1. The number of pyridine rings is 1. The molecule has 102 valence electrons. The summed E-state index contributed by atoms with van der Waals surface area (Å²) in [7, 11) is -0.420. The molecular formula is C13H16N2O3S. The topological polar surface area (TPSA) is 59.5 Å². The Hall–Kier alpha value is -1.66. The minimum Gasteiger partial charge on any atom is -0.384 e. The molecule has 0 atom stereocenters. The monoisotopic (exact) mass is 280 g/mol. The van der Waals surface area contributed by atoms with Gasteiger partial charge in [-0.3, -0.25) is 4.31 Å². The summed E-state index contributed by atoms with van der Waals surface area (Å²) < 4.78 is 30.1. The molecule has 0 bridgehead atoms. The van der Waals surface area contributed by atoms with Crippen LogP contribution in [0.25, 0.3) is 10.9 Å². The van der Waals surface area contributed by atoms with Gasteiger partial charge in [0.05, 0.1) is 17.9 Å². The summed E-state index contributed by atoms with van der Waals surface area (Å²) in [6.07, 6.45) is 0. The number of hydrogen-bond acceptors (Lipinski definition) is 4. The molecule has 0 N–H and O–H groups in total. The van der Waals surface area contributed by atoms with Gasteiger partial charge >= 0.3 is 0 Å². The van der Waals surface area contributed by atoms with E-state index < -0.39 is 10.0 Å². The van der Waals surface area contributed by atoms with Crippen LogP contribution in [-0.2, 0) is 14.8 Å². The fourth-order valence-corrected chi connectivity index (χ4v) is 2.74. The zero-order chi connectivity index (χ0) is 13.9. The molecule has 2 aromatic rings. The largest absolute Gasteiger partial charge is 0.384 e. The summed E-state index contributed by atoms with van der Waals surface area (Å²) in [6.45, 7) is 0.167. The van der Waals surface area contributed by atoms with Crippen molar-refractivity contribution in [1.29, 1.82) is 0 Å². The van der Waals surface area contributed by atoms with Crippen LogP contribution < -0.4 is 4.31 Å². The lowest BCUT2D eigenvalue weighted by Gasteiger charge is -2.18. The van der Waals surface area contributed by atoms with E-state index in [1.54, 1.807) is 6.07 Å². The molecule has 1 heterocycles. The molecule has 0 saturated carbocycles. The Morgan fingerprint density at radius 1 is 1.21 bits per heavy atom. The van der Waals surface area contributed by atoms with Gasteiger partial charge in [0.25, 0.3) is 0 Å². The van der Waals surface area contributed by atoms with Gasteiger partial charge < -0.3 is 4.74 Å². The van der Waals surface area contributed by atoms with Crippen molar-refractivity contribution < 1.29 is 13.2 Å². The summed E-state index contributed by atoms with van der Waals surface area (Å²) in [5.41, 5.74) is 0.772. The first kappa shape index (κ1) is 13.8. The van der Waals surface area contributed by atoms with Crippen LogP contribution in [0, 0.1) is 0 Å². The molecule has 6 heteroatoms. The molecule has 0 spiro atoms. The van der Waals surface area contributed by atoms with Crippen molar-refractivity contribution in [2.24, 2.45) is 0 Å². The molecule has 0 amide bonds. The molecular weight excluding hydrogens is 264 g/mol. The lowest BCUT2D eigenvalue weighted by atomic mass is 10.2. The van der Waals surface area contributed by atoms with Crippen LogP contribution in [0.3, 0.4) is 0 Å². The van der Waals surface area contributed by atoms with E-state index in [9.17, 15) is 8.42 Å². The Kier molecular flexibility index (Phi) is 4.01. The van der Waals surface area contributed by atoms with E-state index in [0.717, 1.165) is 10.9 Å². The van der Waals surface area contributed by atoms with Crippen molar-refractivity contribution >= 4 is 26.7 Å². The van der Waals surface area contributed by atoms with E-state index in [0.29, 0.717) is 5.82 Å². The van der Waals surface area contributed by atoms with Crippen LogP contribution in [0.15, 0.2) is 36.4 Å². The maximum atomic E-state index is 12.0. The van der Waals surface area contributed by atoms with Gasteiger partial charge in [0.1, 0.15) is 5.82 Å². The van der Waals surface area contributed by atoms with Gasteiger partial charge in [-0.05, 0) is 18.2 Å². The number of fused-ring (bicyclic) bond motifs is 1. The molecule has 1 aromatic carbocycles. The van der Waals surface area contributed by atoms with Crippen molar-refractivity contribution in [3.8, 4) is 0 Å². The van der Waals surface area contributed by atoms with Crippen molar-refractivity contribution in [2.75, 3.05) is 30.8 Å². The summed E-state index contributed by atoms with van der Waals surface area (Å²) in [6, 6.07) is 11.1. The Balaban J connectivity index is 2.33. The lowest BCUT2D eigenvalue weighted by molar-refractivity contribution is 0.217. The summed E-state index contributed by atoms with van der Waals surface area (Å²) in [4.78, 5) is 4.36. The SMILES string of the molecule is COCCS(=O)(=O)N(C)c1ccc2ccccc2n1. The van der Waals surface area contributed by atoms with Crippen molar-refractivity contribution in [3.63, 3.8) is 0 Å². The zero-order valence-electron chi connectivity index (χ0n) is 10.9. The molecule has 19 heavy (non-hydrogen) atoms. The normalized spacial score (nSPS) is 11.7. The fraction of sp³-hybridized carbons (Fsp3) is 0.308. The maximum absolute atomic E-state index is 12.0. The van der Waals surface area contributed by atoms with E-state index in [2.05, 4.69) is 4.98 Å². The predicted molar refractivity (Wildman–Crippen MR) is 75.8 cm³/mol. The predicted octanol–water partition coefficient (Wildman–Crippen LogP) is 1.65. The van der Waals surface area contributed by atoms with Gasteiger partial charge in [-0.2, -0.15) is 0 Å². The molecule has 0 aliphatic heterocycles. The molecule has 5 nitrogen and oxygen atoms in total. The van der Waals surface area contributed by atoms with Crippen molar-refractivity contribution in [2.45, 2.75) is 0 Å². The number of benzene rings is 1. The highest BCUT2D eigenvalue weighted by atomic mass is 32.2. The second kappa shape index (κ2) is 5.54. The van der Waals surface area contributed by atoms with Gasteiger partial charge in [-0.25, -0.2) is 13.4 Å². The van der Waals surface area contributed by atoms with E-state index >= 15 is 0 Å². The molecule has 0 aliphatic rings. The van der Waals surface area contributed by atoms with Gasteiger partial charge in [0, 0.05) is 19.5 Å². The lowest BCUT2D eigenvalue weighted by Crippen LogP contribution is -2.31. The Bertz CT molecular complexity index is 670. The first-order valence-corrected chi connectivity index (χ1v) is 7.47. The molecule has 0 aliphatic carbocycles. The Morgan fingerprint density at radius 3 is 2.68 bits per heavy atom. The fourth-order valence-electron chi connectivity index (χ4n) is 1.70. The number of aromatic nitrogens is 1. The molecule has 0 saturated heterocycles. The van der Waals surface area contributed by atoms with Crippen LogP contribution in [-0.4, -0.2) is 39.9 Å². The van der Waals surface area contributed by atoms with Crippen LogP contribution >= 0.6 is 0 Å². The minimum absolute atomic E-state index is 0.0610. The highest BCUT2D eigenvalue weighted by Crippen LogP contribution is 2.19. The molecule has 0 fully saturated rings. The number of hydrogen-bond donors (Lipinski definition) is 0. The molecule has 0 radical (unpaired) electrons. The quantitative estimate of drug-likeness (QED) is 0.835. The van der Waals surface area contributed by atoms with Gasteiger partial charge in [0.15, 0.2) is 0 Å². The van der Waals surface area contributed by atoms with E-state index in [-0.39, 0.29) is 12.4 Å². The van der Waals surface area contributed by atoms with Crippen molar-refractivity contribution in [3.05, 3.63) is 36.4 Å². The number of nitrogens with zero attached hydrogens (tertiary/aromatic N) is 2. The Morgan fingerprint density at radius 2 is 1.95 bits per heavy atom. The van der Waals surface area contributed by atoms with E-state index in [1.165, 1.54) is 18.5 Å². The second-order valence-electron chi connectivity index (χ2n) is 4.14. The molecule has 2 rings (SSSR count). The van der Waals surface area contributed by atoms with Gasteiger partial charge in [-0.1, -0.05) is 18.2 Å². The standard InChI is InChI=1S/C13H16N2O3S/c1-15(19(16,17)10-9-18-2)13-8-7-11-5-3-4-6-12(11)14-13/h3-8H,9-10H2,1-2H3. The third kappa shape index (κ3) is 3.02. The first-order chi connectivity index (χ1) is 9.04. The molecule has 1 aromatic heterocycles. The average molecular weight is 280 g/mol. The van der Waals surface area contributed by atoms with Gasteiger partial charge in [0.2, 0.25) is 10.0 Å². The van der Waals surface area contributed by atoms with Gasteiger partial charge in [-0.15, -0.1) is 0 Å². The zero-order valence-corrected chi connectivity index (χ0v) is 11.7. The summed E-state index contributed by atoms with van der Waals surface area (Å²) >= 11 is 0. The third-order valence-corrected chi connectivity index (χ3v) is 4.57. The number of sulfonamides is 1. The smallest absolute Gasteiger partial charge is 0.238 e. The maximum Gasteiger partial charge on any atom is 0.238 e. The van der Waals surface area contributed by atoms with E-state index in [4.69, 9.17) is 4.74 Å².